The summed E-state index contributed by atoms with van der Waals surface area (Å²) in [7, 11) is 0. The average Bonchev–Trinajstić information content (AvgIpc) is 1.51. The largest absolute Gasteiger partial charge is 0.309 e. The number of benzene rings is 16. The van der Waals surface area contributed by atoms with E-state index in [0.29, 0.717) is 0 Å². The van der Waals surface area contributed by atoms with Gasteiger partial charge in [-0.1, -0.05) is 267 Å². The lowest BCUT2D eigenvalue weighted by atomic mass is 9.70. The van der Waals surface area contributed by atoms with Gasteiger partial charge in [-0.3, -0.25) is 4.98 Å². The summed E-state index contributed by atoms with van der Waals surface area (Å²) in [6.45, 7) is 0. The van der Waals surface area contributed by atoms with Gasteiger partial charge < -0.3 is 9.13 Å². The Hall–Kier alpha value is -13.0. The van der Waals surface area contributed by atoms with Gasteiger partial charge >= 0.3 is 0 Å². The van der Waals surface area contributed by atoms with Gasteiger partial charge in [0.1, 0.15) is 0 Å². The van der Waals surface area contributed by atoms with Crippen molar-refractivity contribution in [3.63, 3.8) is 0 Å². The van der Waals surface area contributed by atoms with Crippen LogP contribution in [0.2, 0.25) is 0 Å². The second-order valence-corrected chi connectivity index (χ2v) is 27.7. The first-order valence-corrected chi connectivity index (χ1v) is 34.8. The van der Waals surface area contributed by atoms with Crippen molar-refractivity contribution >= 4 is 76.2 Å². The molecule has 0 bridgehead atoms. The predicted molar refractivity (Wildman–Crippen MR) is 412 cm³/mol. The van der Waals surface area contributed by atoms with E-state index >= 15 is 0 Å². The summed E-state index contributed by atoms with van der Waals surface area (Å²) < 4.78 is 4.86. The fourth-order valence-corrected chi connectivity index (χ4v) is 19.2. The maximum atomic E-state index is 5.92. The molecular formula is C96H56N4. The van der Waals surface area contributed by atoms with Gasteiger partial charge in [0, 0.05) is 49.3 Å². The van der Waals surface area contributed by atoms with Gasteiger partial charge in [-0.25, -0.2) is 4.98 Å². The third-order valence-corrected chi connectivity index (χ3v) is 23.1. The zero-order chi connectivity index (χ0) is 65.1. The Morgan fingerprint density at radius 3 is 0.880 bits per heavy atom. The highest BCUT2D eigenvalue weighted by Crippen LogP contribution is 2.65. The molecule has 0 atom stereocenters. The molecule has 3 aromatic heterocycles. The molecule has 3 heterocycles. The number of aromatic nitrogens is 4. The monoisotopic (exact) mass is 1260 g/mol. The number of hydrogen-bond acceptors (Lipinski definition) is 2. The summed E-state index contributed by atoms with van der Waals surface area (Å²) in [6.07, 6.45) is 2.02. The van der Waals surface area contributed by atoms with Gasteiger partial charge in [-0.2, -0.15) is 0 Å². The Morgan fingerprint density at radius 1 is 0.210 bits per heavy atom. The van der Waals surface area contributed by atoms with Crippen LogP contribution < -0.4 is 0 Å². The second kappa shape index (κ2) is 19.8. The van der Waals surface area contributed by atoms with Crippen molar-refractivity contribution in [1.82, 2.24) is 19.1 Å². The molecule has 4 nitrogen and oxygen atoms in total. The molecule has 0 amide bonds. The molecule has 0 unspecified atom stereocenters. The molecule has 0 radical (unpaired) electrons. The van der Waals surface area contributed by atoms with Gasteiger partial charge in [0.15, 0.2) is 0 Å². The molecule has 23 rings (SSSR count). The molecule has 0 N–H and O–H groups in total. The van der Waals surface area contributed by atoms with Gasteiger partial charge in [0.05, 0.1) is 55.8 Å². The van der Waals surface area contributed by atoms with Crippen LogP contribution in [0.3, 0.4) is 0 Å². The van der Waals surface area contributed by atoms with E-state index in [1.807, 2.05) is 6.20 Å². The summed E-state index contributed by atoms with van der Waals surface area (Å²) in [5.41, 5.74) is 34.8. The third-order valence-electron chi connectivity index (χ3n) is 23.1. The maximum absolute atomic E-state index is 5.92. The van der Waals surface area contributed by atoms with Gasteiger partial charge in [0.2, 0.25) is 0 Å². The molecule has 0 aliphatic heterocycles. The van der Waals surface area contributed by atoms with E-state index in [2.05, 4.69) is 343 Å². The molecule has 4 heteroatoms. The third kappa shape index (κ3) is 6.93. The predicted octanol–water partition coefficient (Wildman–Crippen LogP) is 23.8. The SMILES string of the molecule is c1ccc2c(c1)-c1ccccc1C21c2ccccc2-c2ccc(-c3ccc4c(c3)c3cc(-c5ccc6c(c5)C5(c7ccccc7-c7ccccc75)c5ccccc5-6)ccc3c3nc(-c5cc(-n6c7ccccc7c7ccccc76)cc(-n6c7ccccc7c7ccccc76)c5)cnc43)cc21. The van der Waals surface area contributed by atoms with Crippen molar-refractivity contribution in [2.75, 3.05) is 0 Å². The highest BCUT2D eigenvalue weighted by atomic mass is 15.0. The quantitative estimate of drug-likeness (QED) is 0.161. The standard InChI is InChI=1S/C96H56N4/c1-11-31-80-64(21-1)65-22-2-12-32-81(65)95(80)84-35-15-5-25-68(84)70-45-41-59(53-86(70)95)57-43-47-76-78(51-57)79-52-58(60-42-46-71-69-26-6-16-36-85(69)96(87(71)54-60)82-33-13-3-23-66(82)67-24-4-14-34-83(67)96)44-48-77(79)94-93(76)97-56-88(98-94)61-49-62(99-89-37-17-7-27-72(89)73-28-8-18-38-90(73)99)55-63(50-61)100-91-39-19-9-29-74(91)75-30-10-20-40-92(75)100/h1-56H. The van der Waals surface area contributed by atoms with E-state index in [0.717, 1.165) is 88.4 Å². The number of para-hydroxylation sites is 4. The molecule has 16 aromatic carbocycles. The first-order valence-electron chi connectivity index (χ1n) is 34.8. The van der Waals surface area contributed by atoms with Crippen LogP contribution in [0.1, 0.15) is 44.5 Å². The number of fused-ring (bicyclic) bond motifs is 32. The Morgan fingerprint density at radius 2 is 0.510 bits per heavy atom. The lowest BCUT2D eigenvalue weighted by Gasteiger charge is -2.30. The molecule has 4 aliphatic carbocycles. The van der Waals surface area contributed by atoms with E-state index < -0.39 is 10.8 Å². The molecule has 460 valence electrons. The fraction of sp³-hybridized carbons (Fsp3) is 0.0208. The van der Waals surface area contributed by atoms with E-state index in [1.54, 1.807) is 0 Å². The van der Waals surface area contributed by atoms with Crippen molar-refractivity contribution < 1.29 is 0 Å². The fourth-order valence-electron chi connectivity index (χ4n) is 19.2. The Bertz CT molecular complexity index is 6510. The van der Waals surface area contributed by atoms with Crippen LogP contribution in [0.5, 0.6) is 0 Å². The molecule has 0 saturated carbocycles. The molecule has 0 saturated heterocycles. The molecule has 19 aromatic rings. The van der Waals surface area contributed by atoms with Crippen LogP contribution in [0.25, 0.3) is 166 Å². The molecule has 0 fully saturated rings. The normalized spacial score (nSPS) is 13.8. The molecule has 100 heavy (non-hydrogen) atoms. The van der Waals surface area contributed by atoms with Crippen molar-refractivity contribution in [2.24, 2.45) is 0 Å². The summed E-state index contributed by atoms with van der Waals surface area (Å²) in [6, 6.07) is 125. The van der Waals surface area contributed by atoms with E-state index in [1.165, 1.54) is 122 Å². The van der Waals surface area contributed by atoms with Crippen LogP contribution in [0.4, 0.5) is 0 Å². The topological polar surface area (TPSA) is 35.6 Å². The zero-order valence-corrected chi connectivity index (χ0v) is 54.1. The first-order chi connectivity index (χ1) is 49.6. The highest BCUT2D eigenvalue weighted by Gasteiger charge is 2.53. The smallest absolute Gasteiger partial charge is 0.0979 e. The second-order valence-electron chi connectivity index (χ2n) is 27.7. The lowest BCUT2D eigenvalue weighted by Crippen LogP contribution is -2.25. The Balaban J connectivity index is 0.765. The number of rotatable bonds is 5. The van der Waals surface area contributed by atoms with Gasteiger partial charge in [-0.15, -0.1) is 0 Å². The van der Waals surface area contributed by atoms with Gasteiger partial charge in [0.25, 0.3) is 0 Å². The Labute approximate surface area is 576 Å². The van der Waals surface area contributed by atoms with E-state index in [4.69, 9.17) is 9.97 Å². The van der Waals surface area contributed by atoms with Crippen molar-refractivity contribution in [2.45, 2.75) is 10.8 Å². The van der Waals surface area contributed by atoms with Crippen LogP contribution in [0.15, 0.2) is 340 Å². The molecule has 2 spiro atoms. The minimum absolute atomic E-state index is 0.470. The van der Waals surface area contributed by atoms with Crippen LogP contribution in [0, 0.1) is 0 Å². The molecular weight excluding hydrogens is 1210 g/mol. The van der Waals surface area contributed by atoms with Gasteiger partial charge in [-0.05, 0) is 189 Å². The minimum Gasteiger partial charge on any atom is -0.309 e. The van der Waals surface area contributed by atoms with Crippen molar-refractivity contribution in [1.29, 1.82) is 0 Å². The van der Waals surface area contributed by atoms with Crippen LogP contribution in [-0.4, -0.2) is 19.1 Å². The summed E-state index contributed by atoms with van der Waals surface area (Å²) >= 11 is 0. The minimum atomic E-state index is -0.478. The summed E-state index contributed by atoms with van der Waals surface area (Å²) in [5, 5.41) is 9.20. The summed E-state index contributed by atoms with van der Waals surface area (Å²) in [4.78, 5) is 11.5. The first kappa shape index (κ1) is 54.1. The van der Waals surface area contributed by atoms with Crippen LogP contribution >= 0.6 is 0 Å². The maximum Gasteiger partial charge on any atom is 0.0979 e. The molecule has 4 aliphatic rings. The number of nitrogens with zero attached hydrogens (tertiary/aromatic N) is 4. The van der Waals surface area contributed by atoms with Crippen molar-refractivity contribution in [3.05, 3.63) is 384 Å². The Kier molecular flexibility index (Phi) is 10.7. The van der Waals surface area contributed by atoms with Crippen molar-refractivity contribution in [3.8, 4) is 89.4 Å². The number of hydrogen-bond donors (Lipinski definition) is 0. The lowest BCUT2D eigenvalue weighted by molar-refractivity contribution is 0.794. The summed E-state index contributed by atoms with van der Waals surface area (Å²) in [5.74, 6) is 0. The van der Waals surface area contributed by atoms with E-state index in [-0.39, 0.29) is 0 Å². The van der Waals surface area contributed by atoms with Crippen LogP contribution in [-0.2, 0) is 10.8 Å². The van der Waals surface area contributed by atoms with E-state index in [9.17, 15) is 0 Å². The highest BCUT2D eigenvalue weighted by molar-refractivity contribution is 6.24. The average molecular weight is 1270 g/mol. The zero-order valence-electron chi connectivity index (χ0n) is 54.1.